The third kappa shape index (κ3) is 2.51. The van der Waals surface area contributed by atoms with E-state index in [1.807, 2.05) is 18.2 Å². The van der Waals surface area contributed by atoms with Gasteiger partial charge in [-0.25, -0.2) is 0 Å². The third-order valence-corrected chi connectivity index (χ3v) is 3.37. The van der Waals surface area contributed by atoms with Gasteiger partial charge in [-0.1, -0.05) is 12.1 Å². The van der Waals surface area contributed by atoms with E-state index in [0.717, 1.165) is 29.2 Å². The Morgan fingerprint density at radius 2 is 2.20 bits per heavy atom. The molecule has 3 rings (SSSR count). The largest absolute Gasteiger partial charge is 0.483 e. The van der Waals surface area contributed by atoms with Gasteiger partial charge in [0.2, 0.25) is 0 Å². The van der Waals surface area contributed by atoms with E-state index < -0.39 is 0 Å². The summed E-state index contributed by atoms with van der Waals surface area (Å²) in [7, 11) is 0. The van der Waals surface area contributed by atoms with Crippen LogP contribution < -0.4 is 15.2 Å². The Kier molecular flexibility index (Phi) is 3.18. The van der Waals surface area contributed by atoms with Crippen molar-refractivity contribution in [3.63, 3.8) is 0 Å². The molecular weight excluding hydrogens is 254 g/mol. The zero-order valence-electron chi connectivity index (χ0n) is 11.8. The van der Waals surface area contributed by atoms with Crippen LogP contribution in [-0.4, -0.2) is 5.60 Å². The Morgan fingerprint density at radius 1 is 1.35 bits per heavy atom. The van der Waals surface area contributed by atoms with Crippen molar-refractivity contribution in [3.8, 4) is 11.5 Å². The van der Waals surface area contributed by atoms with E-state index in [4.69, 9.17) is 19.6 Å². The SMILES string of the molecule is CC1(C)Cc2cccc(OCc3cc(CN)co3)c2O1. The van der Waals surface area contributed by atoms with E-state index in [0.29, 0.717) is 13.2 Å². The molecule has 0 bridgehead atoms. The smallest absolute Gasteiger partial charge is 0.165 e. The molecule has 20 heavy (non-hydrogen) atoms. The maximum Gasteiger partial charge on any atom is 0.165 e. The quantitative estimate of drug-likeness (QED) is 0.930. The first kappa shape index (κ1) is 13.1. The van der Waals surface area contributed by atoms with Gasteiger partial charge in [-0.05, 0) is 26.0 Å². The molecule has 1 aromatic heterocycles. The van der Waals surface area contributed by atoms with Crippen molar-refractivity contribution < 1.29 is 13.9 Å². The first-order chi connectivity index (χ1) is 9.57. The number of benzene rings is 1. The van der Waals surface area contributed by atoms with E-state index in [2.05, 4.69) is 19.9 Å². The molecule has 1 aliphatic heterocycles. The van der Waals surface area contributed by atoms with E-state index in [-0.39, 0.29) is 5.60 Å². The molecule has 0 amide bonds. The molecular formula is C16H19NO3. The van der Waals surface area contributed by atoms with Crippen LogP contribution in [0.5, 0.6) is 11.5 Å². The van der Waals surface area contributed by atoms with Gasteiger partial charge in [0.25, 0.3) is 0 Å². The highest BCUT2D eigenvalue weighted by molar-refractivity contribution is 5.50. The van der Waals surface area contributed by atoms with Gasteiger partial charge >= 0.3 is 0 Å². The van der Waals surface area contributed by atoms with Gasteiger partial charge in [-0.2, -0.15) is 0 Å². The Bertz CT molecular complexity index is 616. The Morgan fingerprint density at radius 3 is 2.95 bits per heavy atom. The summed E-state index contributed by atoms with van der Waals surface area (Å²) >= 11 is 0. The minimum atomic E-state index is -0.167. The molecule has 0 saturated heterocycles. The molecule has 0 radical (unpaired) electrons. The van der Waals surface area contributed by atoms with E-state index in [9.17, 15) is 0 Å². The fraction of sp³-hybridized carbons (Fsp3) is 0.375. The second-order valence-corrected chi connectivity index (χ2v) is 5.70. The van der Waals surface area contributed by atoms with Crippen molar-refractivity contribution in [3.05, 3.63) is 47.4 Å². The lowest BCUT2D eigenvalue weighted by atomic mass is 10.0. The molecule has 106 valence electrons. The van der Waals surface area contributed by atoms with Crippen LogP contribution in [0.2, 0.25) is 0 Å². The molecule has 0 fully saturated rings. The summed E-state index contributed by atoms with van der Waals surface area (Å²) in [5.74, 6) is 2.38. The molecule has 1 aliphatic rings. The summed E-state index contributed by atoms with van der Waals surface area (Å²) in [5, 5.41) is 0. The van der Waals surface area contributed by atoms with Gasteiger partial charge in [-0.15, -0.1) is 0 Å². The topological polar surface area (TPSA) is 57.6 Å². The molecule has 4 nitrogen and oxygen atoms in total. The number of nitrogens with two attached hydrogens (primary N) is 1. The van der Waals surface area contributed by atoms with E-state index >= 15 is 0 Å². The molecule has 4 heteroatoms. The van der Waals surface area contributed by atoms with Crippen molar-refractivity contribution >= 4 is 0 Å². The predicted octanol–water partition coefficient (Wildman–Crippen LogP) is 3.03. The lowest BCUT2D eigenvalue weighted by molar-refractivity contribution is 0.130. The van der Waals surface area contributed by atoms with Gasteiger partial charge in [0.15, 0.2) is 11.5 Å². The zero-order chi connectivity index (χ0) is 14.2. The van der Waals surface area contributed by atoms with Crippen molar-refractivity contribution in [2.75, 3.05) is 0 Å². The highest BCUT2D eigenvalue weighted by atomic mass is 16.5. The second-order valence-electron chi connectivity index (χ2n) is 5.70. The molecule has 1 aromatic carbocycles. The van der Waals surface area contributed by atoms with Crippen molar-refractivity contribution in [2.45, 2.75) is 39.0 Å². The number of para-hydroxylation sites is 1. The molecule has 0 spiro atoms. The fourth-order valence-corrected chi connectivity index (χ4v) is 2.46. The summed E-state index contributed by atoms with van der Waals surface area (Å²) in [6, 6.07) is 7.91. The van der Waals surface area contributed by atoms with Gasteiger partial charge < -0.3 is 19.6 Å². The molecule has 2 heterocycles. The van der Waals surface area contributed by atoms with Crippen LogP contribution in [0.25, 0.3) is 0 Å². The minimum Gasteiger partial charge on any atom is -0.483 e. The summed E-state index contributed by atoms with van der Waals surface area (Å²) < 4.78 is 17.2. The summed E-state index contributed by atoms with van der Waals surface area (Å²) in [4.78, 5) is 0. The predicted molar refractivity (Wildman–Crippen MR) is 75.8 cm³/mol. The number of hydrogen-bond donors (Lipinski definition) is 1. The Balaban J connectivity index is 1.75. The number of hydrogen-bond acceptors (Lipinski definition) is 4. The maximum atomic E-state index is 5.96. The number of fused-ring (bicyclic) bond motifs is 1. The van der Waals surface area contributed by atoms with Gasteiger partial charge in [0.1, 0.15) is 18.0 Å². The van der Waals surface area contributed by atoms with Crippen molar-refractivity contribution in [1.29, 1.82) is 0 Å². The van der Waals surface area contributed by atoms with Gasteiger partial charge in [-0.3, -0.25) is 0 Å². The minimum absolute atomic E-state index is 0.167. The van der Waals surface area contributed by atoms with Crippen molar-refractivity contribution in [2.24, 2.45) is 5.73 Å². The molecule has 2 N–H and O–H groups in total. The normalized spacial score (nSPS) is 15.8. The van der Waals surface area contributed by atoms with Crippen LogP contribution in [-0.2, 0) is 19.6 Å². The second kappa shape index (κ2) is 4.87. The first-order valence-corrected chi connectivity index (χ1v) is 6.77. The average Bonchev–Trinajstić information content (AvgIpc) is 2.98. The lowest BCUT2D eigenvalue weighted by Crippen LogP contribution is -2.24. The van der Waals surface area contributed by atoms with Crippen molar-refractivity contribution in [1.82, 2.24) is 0 Å². The maximum absolute atomic E-state index is 5.96. The monoisotopic (exact) mass is 273 g/mol. The van der Waals surface area contributed by atoms with E-state index in [1.54, 1.807) is 6.26 Å². The molecule has 2 aromatic rings. The van der Waals surface area contributed by atoms with Gasteiger partial charge in [0, 0.05) is 24.1 Å². The third-order valence-electron chi connectivity index (χ3n) is 3.37. The number of furan rings is 1. The summed E-state index contributed by atoms with van der Waals surface area (Å²) in [6.07, 6.45) is 2.56. The van der Waals surface area contributed by atoms with Crippen LogP contribution in [0.4, 0.5) is 0 Å². The van der Waals surface area contributed by atoms with Gasteiger partial charge in [0.05, 0.1) is 6.26 Å². The number of ether oxygens (including phenoxy) is 2. The number of rotatable bonds is 4. The van der Waals surface area contributed by atoms with E-state index in [1.165, 1.54) is 5.56 Å². The molecule has 0 saturated carbocycles. The van der Waals surface area contributed by atoms with Crippen LogP contribution in [0.15, 0.2) is 34.9 Å². The summed E-state index contributed by atoms with van der Waals surface area (Å²) in [6.45, 7) is 5.01. The highest BCUT2D eigenvalue weighted by Crippen LogP contribution is 2.41. The Hall–Kier alpha value is -1.94. The van der Waals surface area contributed by atoms with Crippen LogP contribution in [0.3, 0.4) is 0 Å². The standard InChI is InChI=1S/C16H19NO3/c1-16(2)7-12-4-3-5-14(15(12)20-16)19-10-13-6-11(8-17)9-18-13/h3-6,9H,7-8,10,17H2,1-2H3. The average molecular weight is 273 g/mol. The zero-order valence-corrected chi connectivity index (χ0v) is 11.8. The highest BCUT2D eigenvalue weighted by Gasteiger charge is 2.32. The first-order valence-electron chi connectivity index (χ1n) is 6.77. The Labute approximate surface area is 118 Å². The van der Waals surface area contributed by atoms with Crippen LogP contribution in [0, 0.1) is 0 Å². The molecule has 0 aliphatic carbocycles. The molecule has 0 unspecified atom stereocenters. The summed E-state index contributed by atoms with van der Waals surface area (Å²) in [5.41, 5.74) is 7.55. The lowest BCUT2D eigenvalue weighted by Gasteiger charge is -2.18. The molecule has 0 atom stereocenters. The van der Waals surface area contributed by atoms with Crippen LogP contribution >= 0.6 is 0 Å². The van der Waals surface area contributed by atoms with Crippen LogP contribution in [0.1, 0.15) is 30.7 Å². The fourth-order valence-electron chi connectivity index (χ4n) is 2.46.